The lowest BCUT2D eigenvalue weighted by atomic mass is 10.1. The van der Waals surface area contributed by atoms with Gasteiger partial charge in [0.25, 0.3) is 11.5 Å². The third-order valence-electron chi connectivity index (χ3n) is 6.34. The van der Waals surface area contributed by atoms with E-state index in [1.807, 2.05) is 13.0 Å². The summed E-state index contributed by atoms with van der Waals surface area (Å²) in [5.74, 6) is 0.735. The Morgan fingerprint density at radius 3 is 2.70 bits per heavy atom. The molecular weight excluding hydrogens is 396 g/mol. The van der Waals surface area contributed by atoms with E-state index >= 15 is 0 Å². The van der Waals surface area contributed by atoms with E-state index in [2.05, 4.69) is 39.5 Å². The molecule has 6 nitrogen and oxygen atoms in total. The molecule has 2 aliphatic heterocycles. The molecule has 1 amide bonds. The highest BCUT2D eigenvalue weighted by Crippen LogP contribution is 2.29. The molecule has 0 bridgehead atoms. The Morgan fingerprint density at radius 2 is 1.93 bits per heavy atom. The Bertz CT molecular complexity index is 1150. The second-order valence-electron chi connectivity index (χ2n) is 8.20. The number of benzene rings is 1. The highest BCUT2D eigenvalue weighted by molar-refractivity contribution is 7.20. The van der Waals surface area contributed by atoms with E-state index in [1.165, 1.54) is 29.7 Å². The number of rotatable bonds is 5. The van der Waals surface area contributed by atoms with Gasteiger partial charge in [-0.05, 0) is 50.4 Å². The predicted octanol–water partition coefficient (Wildman–Crippen LogP) is 3.28. The minimum Gasteiger partial charge on any atom is -0.349 e. The molecule has 0 spiro atoms. The predicted molar refractivity (Wildman–Crippen MR) is 119 cm³/mol. The summed E-state index contributed by atoms with van der Waals surface area (Å²) < 4.78 is 1.77. The lowest BCUT2D eigenvalue weighted by Gasteiger charge is -2.28. The maximum Gasteiger partial charge on any atom is 0.262 e. The molecule has 0 unspecified atom stereocenters. The highest BCUT2D eigenvalue weighted by Gasteiger charge is 2.26. The lowest BCUT2D eigenvalue weighted by Crippen LogP contribution is -2.36. The second kappa shape index (κ2) is 7.96. The first-order valence-corrected chi connectivity index (χ1v) is 11.5. The molecule has 1 aromatic carbocycles. The van der Waals surface area contributed by atoms with Crippen LogP contribution in [0.1, 0.15) is 51.9 Å². The molecule has 5 rings (SSSR count). The van der Waals surface area contributed by atoms with Gasteiger partial charge in [-0.3, -0.25) is 19.1 Å². The van der Waals surface area contributed by atoms with Gasteiger partial charge >= 0.3 is 0 Å². The fourth-order valence-corrected chi connectivity index (χ4v) is 5.85. The van der Waals surface area contributed by atoms with Crippen molar-refractivity contribution in [1.82, 2.24) is 19.8 Å². The number of nitrogens with zero attached hydrogens (tertiary/aromatic N) is 3. The summed E-state index contributed by atoms with van der Waals surface area (Å²) in [6, 6.07) is 10.5. The van der Waals surface area contributed by atoms with Crippen LogP contribution < -0.4 is 10.9 Å². The molecule has 2 aromatic heterocycles. The van der Waals surface area contributed by atoms with Crippen LogP contribution in [0.15, 0.2) is 35.1 Å². The van der Waals surface area contributed by atoms with Gasteiger partial charge in [-0.1, -0.05) is 30.3 Å². The molecular formula is C23H26N4O2S. The zero-order valence-corrected chi connectivity index (χ0v) is 18.0. The number of aromatic nitrogens is 2. The SMILES string of the molecule is Cc1c(C(=O)NC[C@@H](c2ccccc2)N2CCCC2)sc2nc3n(c(=O)c12)CCC3. The number of thiophene rings is 1. The molecule has 0 radical (unpaired) electrons. The highest BCUT2D eigenvalue weighted by atomic mass is 32.1. The number of carbonyl (C=O) groups is 1. The van der Waals surface area contributed by atoms with Crippen molar-refractivity contribution in [1.29, 1.82) is 0 Å². The van der Waals surface area contributed by atoms with Gasteiger partial charge in [-0.2, -0.15) is 0 Å². The fourth-order valence-electron chi connectivity index (χ4n) is 4.75. The topological polar surface area (TPSA) is 67.2 Å². The molecule has 7 heteroatoms. The van der Waals surface area contributed by atoms with Crippen LogP contribution in [0.2, 0.25) is 0 Å². The quantitative estimate of drug-likeness (QED) is 0.685. The Hall–Kier alpha value is -2.51. The van der Waals surface area contributed by atoms with E-state index < -0.39 is 0 Å². The maximum absolute atomic E-state index is 13.1. The van der Waals surface area contributed by atoms with Crippen molar-refractivity contribution in [3.63, 3.8) is 0 Å². The average Bonchev–Trinajstić information content (AvgIpc) is 3.50. The van der Waals surface area contributed by atoms with Crippen LogP contribution in [0.3, 0.4) is 0 Å². The summed E-state index contributed by atoms with van der Waals surface area (Å²) in [5.41, 5.74) is 1.98. The number of nitrogens with one attached hydrogen (secondary N) is 1. The molecule has 3 aromatic rings. The average molecular weight is 423 g/mol. The molecule has 0 saturated carbocycles. The Morgan fingerprint density at radius 1 is 1.17 bits per heavy atom. The number of likely N-dealkylation sites (tertiary alicyclic amines) is 1. The van der Waals surface area contributed by atoms with E-state index in [-0.39, 0.29) is 17.5 Å². The van der Waals surface area contributed by atoms with E-state index in [0.29, 0.717) is 21.6 Å². The lowest BCUT2D eigenvalue weighted by molar-refractivity contribution is 0.0941. The smallest absolute Gasteiger partial charge is 0.262 e. The summed E-state index contributed by atoms with van der Waals surface area (Å²) >= 11 is 1.34. The Balaban J connectivity index is 1.41. The van der Waals surface area contributed by atoms with Crippen molar-refractivity contribution in [2.24, 2.45) is 0 Å². The van der Waals surface area contributed by atoms with E-state index in [4.69, 9.17) is 0 Å². The van der Waals surface area contributed by atoms with Gasteiger partial charge in [0, 0.05) is 19.5 Å². The third kappa shape index (κ3) is 3.36. The van der Waals surface area contributed by atoms with Gasteiger partial charge in [0.1, 0.15) is 10.7 Å². The van der Waals surface area contributed by atoms with Crippen LogP contribution in [0.5, 0.6) is 0 Å². The number of carbonyl (C=O) groups excluding carboxylic acids is 1. The Kier molecular flexibility index (Phi) is 5.16. The van der Waals surface area contributed by atoms with Crippen molar-refractivity contribution in [3.8, 4) is 0 Å². The summed E-state index contributed by atoms with van der Waals surface area (Å²) in [7, 11) is 0. The molecule has 1 N–H and O–H groups in total. The standard InChI is InChI=1S/C23H26N4O2S/c1-15-19-22(25-18-10-7-13-27(18)23(19)29)30-20(15)21(28)24-14-17(26-11-5-6-12-26)16-8-3-2-4-9-16/h2-4,8-9,17H,5-7,10-14H2,1H3,(H,24,28)/t17-/m0/s1. The molecule has 30 heavy (non-hydrogen) atoms. The van der Waals surface area contributed by atoms with E-state index in [1.54, 1.807) is 4.57 Å². The zero-order chi connectivity index (χ0) is 20.7. The van der Waals surface area contributed by atoms with Gasteiger partial charge in [0.15, 0.2) is 0 Å². The van der Waals surface area contributed by atoms with Crippen LogP contribution in [-0.2, 0) is 13.0 Å². The maximum atomic E-state index is 13.1. The zero-order valence-electron chi connectivity index (χ0n) is 17.2. The summed E-state index contributed by atoms with van der Waals surface area (Å²) in [5, 5.41) is 3.75. The monoisotopic (exact) mass is 422 g/mol. The van der Waals surface area contributed by atoms with Gasteiger partial charge in [0.05, 0.1) is 16.3 Å². The van der Waals surface area contributed by atoms with Crippen molar-refractivity contribution >= 4 is 27.5 Å². The molecule has 1 saturated heterocycles. The van der Waals surface area contributed by atoms with Gasteiger partial charge in [-0.25, -0.2) is 4.98 Å². The number of hydrogen-bond acceptors (Lipinski definition) is 5. The van der Waals surface area contributed by atoms with Crippen LogP contribution in [0.4, 0.5) is 0 Å². The molecule has 1 fully saturated rings. The van der Waals surface area contributed by atoms with Crippen LogP contribution in [-0.4, -0.2) is 40.0 Å². The molecule has 4 heterocycles. The normalized spacial score (nSPS) is 17.4. The Labute approximate surface area is 179 Å². The van der Waals surface area contributed by atoms with Crippen LogP contribution in [0.25, 0.3) is 10.2 Å². The number of fused-ring (bicyclic) bond motifs is 2. The van der Waals surface area contributed by atoms with Crippen molar-refractivity contribution in [3.05, 3.63) is 62.5 Å². The number of hydrogen-bond donors (Lipinski definition) is 1. The summed E-state index contributed by atoms with van der Waals surface area (Å²) in [6.45, 7) is 5.27. The minimum absolute atomic E-state index is 0.000436. The summed E-state index contributed by atoms with van der Waals surface area (Å²) in [6.07, 6.45) is 4.20. The van der Waals surface area contributed by atoms with Gasteiger partial charge in [-0.15, -0.1) is 11.3 Å². The first kappa shape index (κ1) is 19.5. The molecule has 156 valence electrons. The van der Waals surface area contributed by atoms with Crippen molar-refractivity contribution < 1.29 is 4.79 Å². The van der Waals surface area contributed by atoms with Crippen molar-refractivity contribution in [2.75, 3.05) is 19.6 Å². The van der Waals surface area contributed by atoms with Crippen molar-refractivity contribution in [2.45, 2.75) is 45.2 Å². The number of amides is 1. The molecule has 2 aliphatic rings. The first-order chi connectivity index (χ1) is 14.6. The van der Waals surface area contributed by atoms with E-state index in [0.717, 1.165) is 43.9 Å². The minimum atomic E-state index is -0.111. The van der Waals surface area contributed by atoms with Crippen LogP contribution in [0, 0.1) is 6.92 Å². The van der Waals surface area contributed by atoms with Gasteiger partial charge in [0.2, 0.25) is 0 Å². The third-order valence-corrected chi connectivity index (χ3v) is 7.52. The van der Waals surface area contributed by atoms with E-state index in [9.17, 15) is 9.59 Å². The van der Waals surface area contributed by atoms with Crippen LogP contribution >= 0.6 is 11.3 Å². The first-order valence-electron chi connectivity index (χ1n) is 10.7. The number of aryl methyl sites for hydroxylation is 2. The molecule has 0 aliphatic carbocycles. The fraction of sp³-hybridized carbons (Fsp3) is 0.435. The second-order valence-corrected chi connectivity index (χ2v) is 9.20. The van der Waals surface area contributed by atoms with Gasteiger partial charge < -0.3 is 5.32 Å². The largest absolute Gasteiger partial charge is 0.349 e. The summed E-state index contributed by atoms with van der Waals surface area (Å²) in [4.78, 5) is 34.4. The molecule has 1 atom stereocenters.